The van der Waals surface area contributed by atoms with Crippen molar-refractivity contribution in [2.24, 2.45) is 0 Å². The Balaban J connectivity index is 2.96. The Hall–Kier alpha value is -2.83. The minimum absolute atomic E-state index is 0.140. The fourth-order valence-corrected chi connectivity index (χ4v) is 2.01. The predicted molar refractivity (Wildman–Crippen MR) is 94.4 cm³/mol. The highest BCUT2D eigenvalue weighted by atomic mass is 16.6. The number of hydrogen-bond acceptors (Lipinski definition) is 7. The summed E-state index contributed by atoms with van der Waals surface area (Å²) >= 11 is 0. The molecular weight excluding hydrogens is 340 g/mol. The van der Waals surface area contributed by atoms with Crippen molar-refractivity contribution in [3.05, 3.63) is 35.4 Å². The molecule has 142 valence electrons. The average molecular weight is 364 g/mol. The molecule has 0 saturated heterocycles. The van der Waals surface area contributed by atoms with E-state index in [1.807, 2.05) is 0 Å². The second-order valence-electron chi connectivity index (χ2n) is 5.06. The SMILES string of the molecule is CCOC(=O)C(=Cc1ccccc1OCCCC(=O)OC)C(=O)OCC. The van der Waals surface area contributed by atoms with Crippen LogP contribution < -0.4 is 4.74 Å². The molecule has 0 N–H and O–H groups in total. The number of rotatable bonds is 10. The van der Waals surface area contributed by atoms with Crippen LogP contribution in [-0.2, 0) is 28.6 Å². The van der Waals surface area contributed by atoms with Crippen LogP contribution in [0.5, 0.6) is 5.75 Å². The highest BCUT2D eigenvalue weighted by Crippen LogP contribution is 2.22. The minimum Gasteiger partial charge on any atom is -0.493 e. The maximum atomic E-state index is 12.1. The third-order valence-corrected chi connectivity index (χ3v) is 3.22. The molecule has 1 aromatic carbocycles. The van der Waals surface area contributed by atoms with Gasteiger partial charge in [-0.05, 0) is 32.4 Å². The maximum Gasteiger partial charge on any atom is 0.345 e. The number of benzene rings is 1. The van der Waals surface area contributed by atoms with Gasteiger partial charge in [-0.3, -0.25) is 4.79 Å². The van der Waals surface area contributed by atoms with Crippen molar-refractivity contribution >= 4 is 24.0 Å². The number of esters is 3. The van der Waals surface area contributed by atoms with E-state index in [2.05, 4.69) is 4.74 Å². The molecule has 0 spiro atoms. The lowest BCUT2D eigenvalue weighted by molar-refractivity contribution is -0.146. The van der Waals surface area contributed by atoms with E-state index < -0.39 is 11.9 Å². The molecule has 0 radical (unpaired) electrons. The first kappa shape index (κ1) is 21.2. The van der Waals surface area contributed by atoms with E-state index in [0.29, 0.717) is 17.7 Å². The molecule has 7 nitrogen and oxygen atoms in total. The van der Waals surface area contributed by atoms with Gasteiger partial charge in [0.1, 0.15) is 11.3 Å². The van der Waals surface area contributed by atoms with Gasteiger partial charge in [0.25, 0.3) is 0 Å². The molecule has 26 heavy (non-hydrogen) atoms. The summed E-state index contributed by atoms with van der Waals surface area (Å²) < 4.78 is 20.1. The summed E-state index contributed by atoms with van der Waals surface area (Å²) in [4.78, 5) is 35.2. The smallest absolute Gasteiger partial charge is 0.345 e. The summed E-state index contributed by atoms with van der Waals surface area (Å²) in [6.07, 6.45) is 2.10. The summed E-state index contributed by atoms with van der Waals surface area (Å²) in [6.45, 7) is 3.87. The monoisotopic (exact) mass is 364 g/mol. The Labute approximate surface area is 152 Å². The molecule has 0 heterocycles. The average Bonchev–Trinajstić information content (AvgIpc) is 2.64. The van der Waals surface area contributed by atoms with E-state index in [4.69, 9.17) is 14.2 Å². The molecule has 7 heteroatoms. The minimum atomic E-state index is -0.758. The second-order valence-corrected chi connectivity index (χ2v) is 5.06. The van der Waals surface area contributed by atoms with Gasteiger partial charge in [-0.2, -0.15) is 0 Å². The van der Waals surface area contributed by atoms with Gasteiger partial charge in [0.15, 0.2) is 0 Å². The molecule has 0 aliphatic heterocycles. The first-order valence-corrected chi connectivity index (χ1v) is 8.38. The molecule has 0 saturated carbocycles. The number of carbonyl (C=O) groups excluding carboxylic acids is 3. The molecule has 0 atom stereocenters. The van der Waals surface area contributed by atoms with Crippen molar-refractivity contribution in [1.82, 2.24) is 0 Å². The number of hydrogen-bond donors (Lipinski definition) is 0. The van der Waals surface area contributed by atoms with Gasteiger partial charge >= 0.3 is 17.9 Å². The van der Waals surface area contributed by atoms with Gasteiger partial charge in [-0.1, -0.05) is 18.2 Å². The Morgan fingerprint density at radius 3 is 2.19 bits per heavy atom. The van der Waals surface area contributed by atoms with Crippen molar-refractivity contribution in [3.63, 3.8) is 0 Å². The van der Waals surface area contributed by atoms with Crippen LogP contribution in [0.2, 0.25) is 0 Å². The fraction of sp³-hybridized carbons (Fsp3) is 0.421. The van der Waals surface area contributed by atoms with Crippen LogP contribution >= 0.6 is 0 Å². The van der Waals surface area contributed by atoms with Crippen LogP contribution in [-0.4, -0.2) is 44.8 Å². The van der Waals surface area contributed by atoms with Crippen LogP contribution in [0, 0.1) is 0 Å². The van der Waals surface area contributed by atoms with Gasteiger partial charge in [0, 0.05) is 12.0 Å². The standard InChI is InChI=1S/C19H24O7/c1-4-24-18(21)15(19(22)25-5-2)13-14-9-6-7-10-16(14)26-12-8-11-17(20)23-3/h6-7,9-10,13H,4-5,8,11-12H2,1-3H3. The zero-order chi connectivity index (χ0) is 19.4. The van der Waals surface area contributed by atoms with E-state index >= 15 is 0 Å². The van der Waals surface area contributed by atoms with E-state index in [1.54, 1.807) is 38.1 Å². The summed E-state index contributed by atoms with van der Waals surface area (Å²) in [5.74, 6) is -1.35. The van der Waals surface area contributed by atoms with E-state index in [1.165, 1.54) is 13.2 Å². The quantitative estimate of drug-likeness (QED) is 0.157. The van der Waals surface area contributed by atoms with Crippen molar-refractivity contribution < 1.29 is 33.3 Å². The first-order chi connectivity index (χ1) is 12.5. The Kier molecular flexibility index (Phi) is 9.53. The van der Waals surface area contributed by atoms with Crippen LogP contribution in [0.15, 0.2) is 29.8 Å². The summed E-state index contributed by atoms with van der Waals surface area (Å²) in [6, 6.07) is 6.93. The molecule has 1 rings (SSSR count). The van der Waals surface area contributed by atoms with E-state index in [9.17, 15) is 14.4 Å². The molecule has 0 fully saturated rings. The third kappa shape index (κ3) is 6.96. The number of carbonyl (C=O) groups is 3. The molecule has 0 unspecified atom stereocenters. The van der Waals surface area contributed by atoms with Gasteiger partial charge in [0.2, 0.25) is 0 Å². The molecular formula is C19H24O7. The predicted octanol–water partition coefficient (Wildman–Crippen LogP) is 2.53. The summed E-state index contributed by atoms with van der Waals surface area (Å²) in [5.41, 5.74) is 0.320. The van der Waals surface area contributed by atoms with Crippen LogP contribution in [0.4, 0.5) is 0 Å². The summed E-state index contributed by atoms with van der Waals surface area (Å²) in [5, 5.41) is 0. The fourth-order valence-electron chi connectivity index (χ4n) is 2.01. The van der Waals surface area contributed by atoms with Crippen molar-refractivity contribution in [2.75, 3.05) is 26.9 Å². The molecule has 0 aliphatic rings. The van der Waals surface area contributed by atoms with Crippen LogP contribution in [0.1, 0.15) is 32.3 Å². The Morgan fingerprint density at radius 1 is 1.00 bits per heavy atom. The zero-order valence-electron chi connectivity index (χ0n) is 15.3. The molecule has 0 aliphatic carbocycles. The second kappa shape index (κ2) is 11.7. The Bertz CT molecular complexity index is 629. The normalized spacial score (nSPS) is 9.81. The van der Waals surface area contributed by atoms with Crippen LogP contribution in [0.3, 0.4) is 0 Å². The van der Waals surface area contributed by atoms with Crippen LogP contribution in [0.25, 0.3) is 6.08 Å². The van der Waals surface area contributed by atoms with E-state index in [-0.39, 0.29) is 37.8 Å². The molecule has 0 aromatic heterocycles. The third-order valence-electron chi connectivity index (χ3n) is 3.22. The zero-order valence-corrected chi connectivity index (χ0v) is 15.3. The lowest BCUT2D eigenvalue weighted by atomic mass is 10.1. The highest BCUT2D eigenvalue weighted by Gasteiger charge is 2.21. The topological polar surface area (TPSA) is 88.1 Å². The maximum absolute atomic E-state index is 12.1. The Morgan fingerprint density at radius 2 is 1.62 bits per heavy atom. The largest absolute Gasteiger partial charge is 0.493 e. The molecule has 0 bridgehead atoms. The van der Waals surface area contributed by atoms with Gasteiger partial charge in [0.05, 0.1) is 26.9 Å². The lowest BCUT2D eigenvalue weighted by Gasteiger charge is -2.11. The number of ether oxygens (including phenoxy) is 4. The lowest BCUT2D eigenvalue weighted by Crippen LogP contribution is -2.18. The van der Waals surface area contributed by atoms with Gasteiger partial charge in [-0.25, -0.2) is 9.59 Å². The van der Waals surface area contributed by atoms with Gasteiger partial charge < -0.3 is 18.9 Å². The highest BCUT2D eigenvalue weighted by molar-refractivity contribution is 6.17. The number of methoxy groups -OCH3 is 1. The van der Waals surface area contributed by atoms with Gasteiger partial charge in [-0.15, -0.1) is 0 Å². The molecule has 1 aromatic rings. The summed E-state index contributed by atoms with van der Waals surface area (Å²) in [7, 11) is 1.33. The van der Waals surface area contributed by atoms with E-state index in [0.717, 1.165) is 0 Å². The van der Waals surface area contributed by atoms with Crippen molar-refractivity contribution in [2.45, 2.75) is 26.7 Å². The number of para-hydroxylation sites is 1. The molecule has 0 amide bonds. The van der Waals surface area contributed by atoms with Crippen molar-refractivity contribution in [3.8, 4) is 5.75 Å². The first-order valence-electron chi connectivity index (χ1n) is 8.38. The van der Waals surface area contributed by atoms with Crippen molar-refractivity contribution in [1.29, 1.82) is 0 Å².